The average molecular weight is 495 g/mol. The molecule has 0 spiro atoms. The quantitative estimate of drug-likeness (QED) is 0.238. The van der Waals surface area contributed by atoms with Gasteiger partial charge >= 0.3 is 5.97 Å². The van der Waals surface area contributed by atoms with E-state index in [1.165, 1.54) is 0 Å². The summed E-state index contributed by atoms with van der Waals surface area (Å²) in [6.45, 7) is 8.33. The molecule has 0 unspecified atom stereocenters. The summed E-state index contributed by atoms with van der Waals surface area (Å²) in [5.41, 5.74) is 4.93. The van der Waals surface area contributed by atoms with Crippen LogP contribution in [0.3, 0.4) is 0 Å². The van der Waals surface area contributed by atoms with Crippen molar-refractivity contribution in [3.63, 3.8) is 0 Å². The normalized spacial score (nSPS) is 11.3. The smallest absolute Gasteiger partial charge is 0.303 e. The highest BCUT2D eigenvalue weighted by Crippen LogP contribution is 2.31. The Hall–Kier alpha value is -3.32. The number of aryl methyl sites for hydroxylation is 3. The molecule has 0 atom stereocenters. The highest BCUT2D eigenvalue weighted by atomic mass is 35.5. The van der Waals surface area contributed by atoms with Gasteiger partial charge in [-0.25, -0.2) is 9.97 Å². The Balaban J connectivity index is 1.61. The SMILES string of the molecule is CCn1cc(-c2ccc(Cl)cc2C)nc1-c1nc2ccc(OCCCCCC(=O)O)cc2n1CC. The van der Waals surface area contributed by atoms with E-state index in [2.05, 4.69) is 29.2 Å². The first-order chi connectivity index (χ1) is 16.9. The summed E-state index contributed by atoms with van der Waals surface area (Å²) in [4.78, 5) is 20.6. The molecule has 0 aliphatic carbocycles. The Labute approximate surface area is 210 Å². The maximum Gasteiger partial charge on any atom is 0.303 e. The van der Waals surface area contributed by atoms with Gasteiger partial charge in [-0.15, -0.1) is 0 Å². The molecule has 8 heteroatoms. The van der Waals surface area contributed by atoms with E-state index >= 15 is 0 Å². The van der Waals surface area contributed by atoms with Crippen LogP contribution in [0.5, 0.6) is 5.75 Å². The number of fused-ring (bicyclic) bond motifs is 1. The highest BCUT2D eigenvalue weighted by molar-refractivity contribution is 6.30. The van der Waals surface area contributed by atoms with Gasteiger partial charge in [-0.1, -0.05) is 17.7 Å². The van der Waals surface area contributed by atoms with Crippen LogP contribution >= 0.6 is 11.6 Å². The number of benzene rings is 2. The van der Waals surface area contributed by atoms with Crippen LogP contribution in [0.15, 0.2) is 42.6 Å². The Morgan fingerprint density at radius 2 is 1.86 bits per heavy atom. The van der Waals surface area contributed by atoms with Gasteiger partial charge in [-0.2, -0.15) is 0 Å². The second kappa shape index (κ2) is 11.0. The minimum absolute atomic E-state index is 0.206. The summed E-state index contributed by atoms with van der Waals surface area (Å²) in [7, 11) is 0. The van der Waals surface area contributed by atoms with Gasteiger partial charge in [0.2, 0.25) is 0 Å². The number of carboxylic acids is 1. The molecule has 2 aromatic carbocycles. The number of aliphatic carboxylic acids is 1. The molecule has 0 saturated carbocycles. The van der Waals surface area contributed by atoms with Crippen LogP contribution in [-0.2, 0) is 17.9 Å². The summed E-state index contributed by atoms with van der Waals surface area (Å²) >= 11 is 6.16. The number of hydrogen-bond acceptors (Lipinski definition) is 4. The van der Waals surface area contributed by atoms with Crippen molar-refractivity contribution in [1.29, 1.82) is 0 Å². The largest absolute Gasteiger partial charge is 0.494 e. The first kappa shape index (κ1) is 24.8. The predicted octanol–water partition coefficient (Wildman–Crippen LogP) is 6.59. The third kappa shape index (κ3) is 5.51. The lowest BCUT2D eigenvalue weighted by Gasteiger charge is -2.09. The highest BCUT2D eigenvalue weighted by Gasteiger charge is 2.19. The molecule has 1 N–H and O–H groups in total. The Morgan fingerprint density at radius 3 is 2.57 bits per heavy atom. The lowest BCUT2D eigenvalue weighted by atomic mass is 10.1. The van der Waals surface area contributed by atoms with Crippen LogP contribution in [-0.4, -0.2) is 36.8 Å². The van der Waals surface area contributed by atoms with Crippen LogP contribution in [0.25, 0.3) is 33.9 Å². The fourth-order valence-corrected chi connectivity index (χ4v) is 4.53. The van der Waals surface area contributed by atoms with E-state index in [1.807, 2.05) is 43.3 Å². The zero-order chi connectivity index (χ0) is 24.9. The fraction of sp³-hybridized carbons (Fsp3) is 0.370. The van der Waals surface area contributed by atoms with Crippen LogP contribution in [0.4, 0.5) is 0 Å². The van der Waals surface area contributed by atoms with Crippen LogP contribution in [0.2, 0.25) is 5.02 Å². The summed E-state index contributed by atoms with van der Waals surface area (Å²) in [5, 5.41) is 9.46. The van der Waals surface area contributed by atoms with Gasteiger partial charge in [-0.3, -0.25) is 4.79 Å². The van der Waals surface area contributed by atoms with Crippen molar-refractivity contribution >= 4 is 28.6 Å². The third-order valence-electron chi connectivity index (χ3n) is 6.12. The van der Waals surface area contributed by atoms with Crippen LogP contribution in [0.1, 0.15) is 45.1 Å². The number of hydrogen-bond donors (Lipinski definition) is 1. The molecule has 7 nitrogen and oxygen atoms in total. The van der Waals surface area contributed by atoms with E-state index in [0.29, 0.717) is 18.1 Å². The molecule has 0 bridgehead atoms. The molecule has 2 heterocycles. The van der Waals surface area contributed by atoms with E-state index in [-0.39, 0.29) is 6.42 Å². The van der Waals surface area contributed by atoms with Gasteiger partial charge in [0.1, 0.15) is 5.75 Å². The zero-order valence-electron chi connectivity index (χ0n) is 20.4. The average Bonchev–Trinajstić information content (AvgIpc) is 3.41. The fourth-order valence-electron chi connectivity index (χ4n) is 4.31. The van der Waals surface area contributed by atoms with Gasteiger partial charge in [0.05, 0.1) is 23.3 Å². The van der Waals surface area contributed by atoms with Gasteiger partial charge in [-0.05, 0) is 69.9 Å². The molecular weight excluding hydrogens is 464 g/mol. The molecule has 0 radical (unpaired) electrons. The van der Waals surface area contributed by atoms with Crippen molar-refractivity contribution < 1.29 is 14.6 Å². The molecule has 184 valence electrons. The van der Waals surface area contributed by atoms with Gasteiger partial charge in [0, 0.05) is 42.4 Å². The third-order valence-corrected chi connectivity index (χ3v) is 6.36. The van der Waals surface area contributed by atoms with Crippen molar-refractivity contribution in [2.75, 3.05) is 6.61 Å². The van der Waals surface area contributed by atoms with Crippen LogP contribution in [0, 0.1) is 6.92 Å². The Bertz CT molecular complexity index is 1340. The minimum atomic E-state index is -0.751. The summed E-state index contributed by atoms with van der Waals surface area (Å²) in [5.74, 6) is 1.69. The molecule has 0 aliphatic rings. The Morgan fingerprint density at radius 1 is 1.03 bits per heavy atom. The summed E-state index contributed by atoms with van der Waals surface area (Å²) < 4.78 is 10.2. The van der Waals surface area contributed by atoms with Gasteiger partial charge in [0.25, 0.3) is 0 Å². The molecule has 0 amide bonds. The molecular formula is C27H31ClN4O3. The number of unbranched alkanes of at least 4 members (excludes halogenated alkanes) is 2. The van der Waals surface area contributed by atoms with E-state index in [1.54, 1.807) is 0 Å². The number of carboxylic acid groups (broad SMARTS) is 1. The second-order valence-corrected chi connectivity index (χ2v) is 9.01. The Kier molecular flexibility index (Phi) is 7.76. The maximum absolute atomic E-state index is 10.6. The first-order valence-corrected chi connectivity index (χ1v) is 12.5. The van der Waals surface area contributed by atoms with Crippen molar-refractivity contribution in [3.8, 4) is 28.7 Å². The van der Waals surface area contributed by atoms with Gasteiger partial charge < -0.3 is 19.0 Å². The maximum atomic E-state index is 10.6. The van der Waals surface area contributed by atoms with Crippen molar-refractivity contribution in [2.45, 2.75) is 59.5 Å². The number of rotatable bonds is 11. The molecule has 4 aromatic rings. The molecule has 35 heavy (non-hydrogen) atoms. The van der Waals surface area contributed by atoms with E-state index in [9.17, 15) is 4.79 Å². The molecule has 4 rings (SSSR count). The number of nitrogens with zero attached hydrogens (tertiary/aromatic N) is 4. The van der Waals surface area contributed by atoms with E-state index in [4.69, 9.17) is 31.4 Å². The van der Waals surface area contributed by atoms with Crippen molar-refractivity contribution in [3.05, 3.63) is 53.2 Å². The monoisotopic (exact) mass is 494 g/mol. The second-order valence-electron chi connectivity index (χ2n) is 8.58. The summed E-state index contributed by atoms with van der Waals surface area (Å²) in [6, 6.07) is 11.8. The number of ether oxygens (including phenoxy) is 1. The molecule has 2 aromatic heterocycles. The molecule has 0 fully saturated rings. The van der Waals surface area contributed by atoms with Crippen molar-refractivity contribution in [1.82, 2.24) is 19.1 Å². The number of halogens is 1. The van der Waals surface area contributed by atoms with Crippen molar-refractivity contribution in [2.24, 2.45) is 0 Å². The van der Waals surface area contributed by atoms with E-state index < -0.39 is 5.97 Å². The number of carbonyl (C=O) groups is 1. The molecule has 0 aliphatic heterocycles. The summed E-state index contributed by atoms with van der Waals surface area (Å²) in [6.07, 6.45) is 4.61. The first-order valence-electron chi connectivity index (χ1n) is 12.1. The lowest BCUT2D eigenvalue weighted by Crippen LogP contribution is -2.04. The van der Waals surface area contributed by atoms with E-state index in [0.717, 1.165) is 71.2 Å². The van der Waals surface area contributed by atoms with Gasteiger partial charge in [0.15, 0.2) is 11.6 Å². The lowest BCUT2D eigenvalue weighted by molar-refractivity contribution is -0.137. The zero-order valence-corrected chi connectivity index (χ0v) is 21.2. The standard InChI is InChI=1S/C27H31ClN4O3/c1-4-31-17-23(21-12-10-19(28)15-18(21)3)30-26(31)27-29-22-13-11-20(16-24(22)32(27)5-2)35-14-8-6-7-9-25(33)34/h10-13,15-17H,4-9,14H2,1-3H3,(H,33,34). The molecule has 0 saturated heterocycles. The minimum Gasteiger partial charge on any atom is -0.494 e. The number of aromatic nitrogens is 4. The predicted molar refractivity (Wildman–Crippen MR) is 139 cm³/mol. The van der Waals surface area contributed by atoms with Crippen LogP contribution < -0.4 is 4.74 Å². The topological polar surface area (TPSA) is 82.2 Å². The number of imidazole rings is 2.